The topological polar surface area (TPSA) is 111 Å². The normalized spacial score (nSPS) is 28.1. The molecule has 3 aliphatic rings. The Kier molecular flexibility index (Phi) is 4.44. The van der Waals surface area contributed by atoms with Crippen molar-refractivity contribution in [1.82, 2.24) is 5.16 Å². The Hall–Kier alpha value is -3.46. The van der Waals surface area contributed by atoms with E-state index in [0.29, 0.717) is 22.8 Å². The van der Waals surface area contributed by atoms with Crippen molar-refractivity contribution in [1.29, 1.82) is 0 Å². The van der Waals surface area contributed by atoms with Gasteiger partial charge in [0.2, 0.25) is 11.8 Å². The van der Waals surface area contributed by atoms with Gasteiger partial charge in [-0.25, -0.2) is 4.79 Å². The number of nitrogens with zero attached hydrogens (tertiary/aromatic N) is 2. The molecule has 2 amide bonds. The molecule has 0 radical (unpaired) electrons. The zero-order valence-electron chi connectivity index (χ0n) is 17.0. The molecule has 160 valence electrons. The van der Waals surface area contributed by atoms with Crippen LogP contribution in [0.2, 0.25) is 0 Å². The van der Waals surface area contributed by atoms with Crippen LogP contribution in [0.3, 0.4) is 0 Å². The summed E-state index contributed by atoms with van der Waals surface area (Å²) in [6.45, 7) is 4.01. The zero-order chi connectivity index (χ0) is 21.8. The summed E-state index contributed by atoms with van der Waals surface area (Å²) in [5, 5.41) is 6.77. The van der Waals surface area contributed by atoms with Crippen LogP contribution in [0.15, 0.2) is 47.0 Å². The minimum Gasteiger partial charge on any atom is -0.462 e. The number of aryl methyl sites for hydroxylation is 1. The number of esters is 1. The van der Waals surface area contributed by atoms with Gasteiger partial charge in [0.05, 0.1) is 36.7 Å². The van der Waals surface area contributed by atoms with E-state index in [1.165, 1.54) is 4.90 Å². The summed E-state index contributed by atoms with van der Waals surface area (Å²) in [4.78, 5) is 39.9. The number of ether oxygens (including phenoxy) is 2. The van der Waals surface area contributed by atoms with E-state index in [0.717, 1.165) is 0 Å². The number of nitrogens with one attached hydrogen (secondary N) is 1. The average Bonchev–Trinajstić information content (AvgIpc) is 3.49. The van der Waals surface area contributed by atoms with E-state index in [9.17, 15) is 14.4 Å². The number of carbonyl (C=O) groups excluding carboxylic acids is 3. The first-order valence-corrected chi connectivity index (χ1v) is 10.1. The number of fused-ring (bicyclic) bond motifs is 1. The number of aromatic nitrogens is 1. The first-order chi connectivity index (χ1) is 14.9. The van der Waals surface area contributed by atoms with Crippen molar-refractivity contribution in [2.75, 3.05) is 23.4 Å². The lowest BCUT2D eigenvalue weighted by Crippen LogP contribution is -2.41. The molecule has 31 heavy (non-hydrogen) atoms. The summed E-state index contributed by atoms with van der Waals surface area (Å²) in [5.41, 5.74) is -0.0702. The lowest BCUT2D eigenvalue weighted by atomic mass is 9.76. The number of amides is 2. The number of benzene rings is 1. The second-order valence-electron chi connectivity index (χ2n) is 7.91. The highest BCUT2D eigenvalue weighted by atomic mass is 16.5. The van der Waals surface area contributed by atoms with Gasteiger partial charge in [-0.2, -0.15) is 0 Å². The molecule has 4 heterocycles. The Labute approximate surface area is 178 Å². The second-order valence-corrected chi connectivity index (χ2v) is 7.91. The van der Waals surface area contributed by atoms with Crippen LogP contribution in [0.4, 0.5) is 11.5 Å². The maximum Gasteiger partial charge on any atom is 0.338 e. The molecular weight excluding hydrogens is 402 g/mol. The highest BCUT2D eigenvalue weighted by Gasteiger charge is 2.67. The number of hydrogen-bond acceptors (Lipinski definition) is 7. The van der Waals surface area contributed by atoms with Crippen LogP contribution >= 0.6 is 0 Å². The van der Waals surface area contributed by atoms with E-state index in [1.807, 2.05) is 12.2 Å². The summed E-state index contributed by atoms with van der Waals surface area (Å²) < 4.78 is 16.2. The van der Waals surface area contributed by atoms with Crippen molar-refractivity contribution in [2.45, 2.75) is 25.6 Å². The molecule has 4 atom stereocenters. The quantitative estimate of drug-likeness (QED) is 0.579. The van der Waals surface area contributed by atoms with Gasteiger partial charge in [-0.3, -0.25) is 14.5 Å². The lowest BCUT2D eigenvalue weighted by molar-refractivity contribution is -0.128. The third-order valence-corrected chi connectivity index (χ3v) is 5.94. The van der Waals surface area contributed by atoms with Gasteiger partial charge in [0, 0.05) is 11.8 Å². The van der Waals surface area contributed by atoms with Crippen molar-refractivity contribution in [3.63, 3.8) is 0 Å². The molecule has 0 unspecified atom stereocenters. The van der Waals surface area contributed by atoms with Crippen LogP contribution in [0.5, 0.6) is 0 Å². The van der Waals surface area contributed by atoms with Crippen molar-refractivity contribution in [3.8, 4) is 0 Å². The van der Waals surface area contributed by atoms with Crippen molar-refractivity contribution in [2.24, 2.45) is 11.8 Å². The fraction of sp³-hybridized carbons (Fsp3) is 0.364. The molecule has 2 saturated heterocycles. The first-order valence-electron chi connectivity index (χ1n) is 10.1. The monoisotopic (exact) mass is 423 g/mol. The maximum atomic E-state index is 13.3. The van der Waals surface area contributed by atoms with Gasteiger partial charge in [0.25, 0.3) is 0 Å². The van der Waals surface area contributed by atoms with Gasteiger partial charge in [-0.05, 0) is 32.0 Å². The van der Waals surface area contributed by atoms with Gasteiger partial charge in [-0.15, -0.1) is 0 Å². The zero-order valence-corrected chi connectivity index (χ0v) is 17.0. The van der Waals surface area contributed by atoms with Gasteiger partial charge >= 0.3 is 5.97 Å². The molecule has 0 saturated carbocycles. The Morgan fingerprint density at radius 3 is 2.94 bits per heavy atom. The molecule has 9 nitrogen and oxygen atoms in total. The highest BCUT2D eigenvalue weighted by Crippen LogP contribution is 2.52. The number of hydrogen-bond donors (Lipinski definition) is 1. The third kappa shape index (κ3) is 3.04. The number of rotatable bonds is 5. The minimum atomic E-state index is -0.858. The van der Waals surface area contributed by atoms with Crippen LogP contribution in [-0.2, 0) is 19.1 Å². The standard InChI is InChI=1S/C22H21N3O6/c1-3-29-21(28)13-5-4-6-14(10-13)23-19(26)17-15-7-8-22(30-15)11-25(20(27)18(17)22)16-9-12(2)31-24-16/h4-10,15,17-18H,3,11H2,1-2H3,(H,23,26)/t15-,17-,18+,22+/m1/s1. The third-order valence-electron chi connectivity index (χ3n) is 5.94. The van der Waals surface area contributed by atoms with Crippen molar-refractivity contribution >= 4 is 29.3 Å². The van der Waals surface area contributed by atoms with E-state index in [-0.39, 0.29) is 25.0 Å². The van der Waals surface area contributed by atoms with Crippen LogP contribution in [-0.4, -0.2) is 47.8 Å². The number of anilines is 2. The predicted molar refractivity (Wildman–Crippen MR) is 108 cm³/mol. The highest BCUT2D eigenvalue weighted by molar-refractivity contribution is 6.05. The maximum absolute atomic E-state index is 13.3. The molecule has 1 aromatic carbocycles. The molecule has 9 heteroatoms. The fourth-order valence-electron chi connectivity index (χ4n) is 4.64. The van der Waals surface area contributed by atoms with Gasteiger partial charge < -0.3 is 19.3 Å². The van der Waals surface area contributed by atoms with Gasteiger partial charge in [0.15, 0.2) is 5.82 Å². The Balaban J connectivity index is 1.38. The summed E-state index contributed by atoms with van der Waals surface area (Å²) in [7, 11) is 0. The Morgan fingerprint density at radius 2 is 2.19 bits per heavy atom. The molecule has 2 aromatic rings. The van der Waals surface area contributed by atoms with E-state index in [2.05, 4.69) is 10.5 Å². The van der Waals surface area contributed by atoms with Crippen LogP contribution < -0.4 is 10.2 Å². The molecule has 3 aliphatic heterocycles. The first kappa shape index (κ1) is 19.5. The van der Waals surface area contributed by atoms with Gasteiger partial charge in [0.1, 0.15) is 11.4 Å². The summed E-state index contributed by atoms with van der Waals surface area (Å²) in [5.74, 6) is -1.38. The van der Waals surface area contributed by atoms with E-state index in [4.69, 9.17) is 14.0 Å². The molecule has 1 spiro atoms. The summed E-state index contributed by atoms with van der Waals surface area (Å²) >= 11 is 0. The number of carbonyl (C=O) groups is 3. The Morgan fingerprint density at radius 1 is 1.35 bits per heavy atom. The molecule has 2 bridgehead atoms. The van der Waals surface area contributed by atoms with Crippen LogP contribution in [0, 0.1) is 18.8 Å². The molecule has 0 aliphatic carbocycles. The molecular formula is C22H21N3O6. The van der Waals surface area contributed by atoms with Crippen LogP contribution in [0.1, 0.15) is 23.0 Å². The minimum absolute atomic E-state index is 0.222. The average molecular weight is 423 g/mol. The lowest BCUT2D eigenvalue weighted by Gasteiger charge is -2.23. The molecule has 2 fully saturated rings. The SMILES string of the molecule is CCOC(=O)c1cccc(NC(=O)[C@H]2[C@H]3C(=O)N(c4cc(C)on4)C[C@@]34C=C[C@H]2O4)c1. The van der Waals surface area contributed by atoms with E-state index in [1.54, 1.807) is 44.2 Å². The summed E-state index contributed by atoms with van der Waals surface area (Å²) in [6, 6.07) is 8.19. The fourth-order valence-corrected chi connectivity index (χ4v) is 4.64. The van der Waals surface area contributed by atoms with Crippen LogP contribution in [0.25, 0.3) is 0 Å². The van der Waals surface area contributed by atoms with E-state index >= 15 is 0 Å². The Bertz CT molecular complexity index is 1110. The largest absolute Gasteiger partial charge is 0.462 e. The van der Waals surface area contributed by atoms with Gasteiger partial charge in [-0.1, -0.05) is 23.4 Å². The summed E-state index contributed by atoms with van der Waals surface area (Å²) in [6.07, 6.45) is 3.22. The van der Waals surface area contributed by atoms with Crippen molar-refractivity contribution in [3.05, 3.63) is 53.8 Å². The molecule has 5 rings (SSSR count). The smallest absolute Gasteiger partial charge is 0.338 e. The van der Waals surface area contributed by atoms with Crippen molar-refractivity contribution < 1.29 is 28.4 Å². The molecule has 1 N–H and O–H groups in total. The van der Waals surface area contributed by atoms with E-state index < -0.39 is 29.5 Å². The molecule has 1 aromatic heterocycles. The predicted octanol–water partition coefficient (Wildman–Crippen LogP) is 2.08. The second kappa shape index (κ2) is 7.05.